The largest absolute Gasteiger partial charge is 0.468 e. The second kappa shape index (κ2) is 4.79. The van der Waals surface area contributed by atoms with Gasteiger partial charge in [0.1, 0.15) is 5.76 Å². The third-order valence-electron chi connectivity index (χ3n) is 2.36. The molecule has 2 aromatic heterocycles. The van der Waals surface area contributed by atoms with Gasteiger partial charge >= 0.3 is 0 Å². The number of rotatable bonds is 5. The minimum atomic E-state index is 0.785. The van der Waals surface area contributed by atoms with E-state index in [2.05, 4.69) is 17.2 Å². The fraction of sp³-hybridized carbons (Fsp3) is 0.364. The Balaban J connectivity index is 1.70. The molecule has 2 aromatic rings. The Hall–Kier alpha value is -1.55. The van der Waals surface area contributed by atoms with Crippen LogP contribution in [0.15, 0.2) is 35.5 Å². The minimum absolute atomic E-state index is 0.785. The number of nitrogens with one attached hydrogen (secondary N) is 1. The molecule has 4 heteroatoms. The van der Waals surface area contributed by atoms with Crippen LogP contribution in [0, 0.1) is 6.92 Å². The summed E-state index contributed by atoms with van der Waals surface area (Å²) in [6.45, 7) is 4.68. The third-order valence-corrected chi connectivity index (χ3v) is 2.36. The van der Waals surface area contributed by atoms with Crippen LogP contribution in [0.1, 0.15) is 11.3 Å². The number of furan rings is 1. The summed E-state index contributed by atoms with van der Waals surface area (Å²) in [7, 11) is 0. The fourth-order valence-corrected chi connectivity index (χ4v) is 1.41. The quantitative estimate of drug-likeness (QED) is 0.753. The first-order valence-corrected chi connectivity index (χ1v) is 5.05. The molecule has 0 aromatic carbocycles. The number of hydrogen-bond donors (Lipinski definition) is 1. The second-order valence-electron chi connectivity index (χ2n) is 3.50. The molecule has 0 radical (unpaired) electrons. The van der Waals surface area contributed by atoms with E-state index in [4.69, 9.17) is 4.42 Å². The lowest BCUT2D eigenvalue weighted by Gasteiger charge is -2.04. The van der Waals surface area contributed by atoms with Crippen molar-refractivity contribution >= 4 is 0 Å². The standard InChI is InChI=1S/C11H15N3O/c1-10-2-7-15-11(10)8-12-3-5-14-6-4-13-9-14/h2,4,6-7,9,12H,3,5,8H2,1H3. The summed E-state index contributed by atoms with van der Waals surface area (Å²) in [6, 6.07) is 1.98. The van der Waals surface area contributed by atoms with E-state index in [-0.39, 0.29) is 0 Å². The van der Waals surface area contributed by atoms with Gasteiger partial charge in [0, 0.05) is 25.5 Å². The second-order valence-corrected chi connectivity index (χ2v) is 3.50. The van der Waals surface area contributed by atoms with Crippen LogP contribution in [-0.2, 0) is 13.1 Å². The van der Waals surface area contributed by atoms with Crippen molar-refractivity contribution in [1.29, 1.82) is 0 Å². The summed E-state index contributed by atoms with van der Waals surface area (Å²) >= 11 is 0. The predicted molar refractivity (Wildman–Crippen MR) is 57.4 cm³/mol. The summed E-state index contributed by atoms with van der Waals surface area (Å²) in [4.78, 5) is 3.98. The molecular formula is C11H15N3O. The maximum atomic E-state index is 5.32. The molecule has 0 fully saturated rings. The van der Waals surface area contributed by atoms with Crippen molar-refractivity contribution < 1.29 is 4.42 Å². The molecule has 0 aliphatic carbocycles. The maximum absolute atomic E-state index is 5.32. The highest BCUT2D eigenvalue weighted by Crippen LogP contribution is 2.07. The number of nitrogens with zero attached hydrogens (tertiary/aromatic N) is 2. The van der Waals surface area contributed by atoms with Crippen LogP contribution in [0.4, 0.5) is 0 Å². The average molecular weight is 205 g/mol. The highest BCUT2D eigenvalue weighted by atomic mass is 16.3. The first-order chi connectivity index (χ1) is 7.36. The molecule has 4 nitrogen and oxygen atoms in total. The molecule has 0 atom stereocenters. The molecular weight excluding hydrogens is 190 g/mol. The van der Waals surface area contributed by atoms with E-state index >= 15 is 0 Å². The summed E-state index contributed by atoms with van der Waals surface area (Å²) in [5.41, 5.74) is 1.20. The molecule has 15 heavy (non-hydrogen) atoms. The van der Waals surface area contributed by atoms with Gasteiger partial charge in [-0.15, -0.1) is 0 Å². The normalized spacial score (nSPS) is 10.7. The zero-order valence-corrected chi connectivity index (χ0v) is 8.81. The molecule has 0 amide bonds. The molecule has 1 N–H and O–H groups in total. The maximum Gasteiger partial charge on any atom is 0.120 e. The van der Waals surface area contributed by atoms with Gasteiger partial charge in [-0.1, -0.05) is 0 Å². The van der Waals surface area contributed by atoms with E-state index < -0.39 is 0 Å². The lowest BCUT2D eigenvalue weighted by Crippen LogP contribution is -2.19. The fourth-order valence-electron chi connectivity index (χ4n) is 1.41. The van der Waals surface area contributed by atoms with Crippen molar-refractivity contribution in [2.24, 2.45) is 0 Å². The zero-order valence-electron chi connectivity index (χ0n) is 8.81. The highest BCUT2D eigenvalue weighted by molar-refractivity contribution is 5.13. The Kier molecular flexibility index (Phi) is 3.19. The number of aromatic nitrogens is 2. The molecule has 0 saturated heterocycles. The first kappa shape index (κ1) is 9.98. The number of imidazole rings is 1. The molecule has 2 heterocycles. The smallest absolute Gasteiger partial charge is 0.120 e. The van der Waals surface area contributed by atoms with Gasteiger partial charge in [-0.2, -0.15) is 0 Å². The molecule has 0 saturated carbocycles. The molecule has 80 valence electrons. The van der Waals surface area contributed by atoms with Crippen LogP contribution in [0.2, 0.25) is 0 Å². The molecule has 0 aliphatic heterocycles. The molecule has 2 rings (SSSR count). The third kappa shape index (κ3) is 2.70. The van der Waals surface area contributed by atoms with E-state index in [1.165, 1.54) is 5.56 Å². The Morgan fingerprint density at radius 1 is 1.53 bits per heavy atom. The van der Waals surface area contributed by atoms with E-state index in [0.717, 1.165) is 25.4 Å². The Bertz CT molecular complexity index is 392. The summed E-state index contributed by atoms with van der Waals surface area (Å²) in [6.07, 6.45) is 7.29. The van der Waals surface area contributed by atoms with Gasteiger partial charge in [-0.25, -0.2) is 4.98 Å². The molecule has 0 aliphatic rings. The Labute approximate surface area is 88.9 Å². The van der Waals surface area contributed by atoms with Crippen LogP contribution < -0.4 is 5.32 Å². The number of aryl methyl sites for hydroxylation is 1. The average Bonchev–Trinajstić information content (AvgIpc) is 2.85. The zero-order chi connectivity index (χ0) is 10.5. The lowest BCUT2D eigenvalue weighted by atomic mass is 10.3. The molecule has 0 bridgehead atoms. The van der Waals surface area contributed by atoms with E-state index in [0.29, 0.717) is 0 Å². The van der Waals surface area contributed by atoms with Crippen molar-refractivity contribution in [3.63, 3.8) is 0 Å². The van der Waals surface area contributed by atoms with Crippen molar-refractivity contribution in [2.75, 3.05) is 6.54 Å². The van der Waals surface area contributed by atoms with Gasteiger partial charge in [-0.05, 0) is 18.6 Å². The van der Waals surface area contributed by atoms with Crippen LogP contribution in [0.5, 0.6) is 0 Å². The van der Waals surface area contributed by atoms with Crippen LogP contribution >= 0.6 is 0 Å². The summed E-state index contributed by atoms with van der Waals surface area (Å²) < 4.78 is 7.36. The van der Waals surface area contributed by atoms with Crippen molar-refractivity contribution in [3.8, 4) is 0 Å². The van der Waals surface area contributed by atoms with E-state index in [1.54, 1.807) is 12.5 Å². The van der Waals surface area contributed by atoms with Crippen molar-refractivity contribution in [2.45, 2.75) is 20.0 Å². The number of hydrogen-bond acceptors (Lipinski definition) is 3. The lowest BCUT2D eigenvalue weighted by molar-refractivity contribution is 0.473. The van der Waals surface area contributed by atoms with Gasteiger partial charge in [0.15, 0.2) is 0 Å². The van der Waals surface area contributed by atoms with Gasteiger partial charge < -0.3 is 14.3 Å². The molecule has 0 spiro atoms. The highest BCUT2D eigenvalue weighted by Gasteiger charge is 1.99. The van der Waals surface area contributed by atoms with Crippen LogP contribution in [-0.4, -0.2) is 16.1 Å². The SMILES string of the molecule is Cc1ccoc1CNCCn1ccnc1. The van der Waals surface area contributed by atoms with Gasteiger partial charge in [-0.3, -0.25) is 0 Å². The topological polar surface area (TPSA) is 43.0 Å². The van der Waals surface area contributed by atoms with E-state index in [9.17, 15) is 0 Å². The summed E-state index contributed by atoms with van der Waals surface area (Å²) in [5.74, 6) is 1.01. The Morgan fingerprint density at radius 2 is 2.47 bits per heavy atom. The monoisotopic (exact) mass is 205 g/mol. The van der Waals surface area contributed by atoms with Crippen molar-refractivity contribution in [1.82, 2.24) is 14.9 Å². The van der Waals surface area contributed by atoms with Crippen LogP contribution in [0.3, 0.4) is 0 Å². The van der Waals surface area contributed by atoms with Crippen LogP contribution in [0.25, 0.3) is 0 Å². The first-order valence-electron chi connectivity index (χ1n) is 5.05. The van der Waals surface area contributed by atoms with Gasteiger partial charge in [0.25, 0.3) is 0 Å². The minimum Gasteiger partial charge on any atom is -0.468 e. The van der Waals surface area contributed by atoms with Gasteiger partial charge in [0.2, 0.25) is 0 Å². The predicted octanol–water partition coefficient (Wildman–Crippen LogP) is 1.57. The Morgan fingerprint density at radius 3 is 3.13 bits per heavy atom. The van der Waals surface area contributed by atoms with Gasteiger partial charge in [0.05, 0.1) is 19.1 Å². The summed E-state index contributed by atoms with van der Waals surface area (Å²) in [5, 5.41) is 3.32. The van der Waals surface area contributed by atoms with Crippen molar-refractivity contribution in [3.05, 3.63) is 42.4 Å². The van der Waals surface area contributed by atoms with E-state index in [1.807, 2.05) is 23.2 Å². The molecule has 0 unspecified atom stereocenters.